The fraction of sp³-hybridized carbons (Fsp3) is 0.621. The van der Waals surface area contributed by atoms with Crippen molar-refractivity contribution < 1.29 is 23.4 Å². The minimum Gasteiger partial charge on any atom is -0.386 e. The Hall–Kier alpha value is -2.02. The molecule has 1 amide bonds. The van der Waals surface area contributed by atoms with Crippen molar-refractivity contribution in [3.63, 3.8) is 0 Å². The first-order valence-electron chi connectivity index (χ1n) is 14.3. The number of hydrogen-bond acceptors (Lipinski definition) is 8. The Balaban J connectivity index is 1.47. The standard InChI is InChI=1S/C29H43N3O6SSi/c1-18(2)39-21(6)13-14-22(7)40(19(3)4)37-24-15-26(36-25(24)17-35-38-40)32-16-20(5)27(31-29(32)34)30-28(33)23-11-9-8-10-12-23/h8-12,16,18-19,21-22,24-26H,13-15,17H2,1-7H3,(H,30,31,33,34)/t21?,22?,24-,25+,26-,40?/m1/s1. The first kappa shape index (κ1) is 30.9. The Morgan fingerprint density at radius 3 is 2.52 bits per heavy atom. The van der Waals surface area contributed by atoms with Gasteiger partial charge in [0, 0.05) is 34.5 Å². The second-order valence-electron chi connectivity index (χ2n) is 11.5. The van der Waals surface area contributed by atoms with Crippen molar-refractivity contribution in [3.05, 3.63) is 58.1 Å². The molecule has 0 radical (unpaired) electrons. The van der Waals surface area contributed by atoms with E-state index < -0.39 is 20.5 Å². The molecule has 2 fully saturated rings. The molecule has 3 heterocycles. The number of hydrogen-bond donors (Lipinski definition) is 1. The summed E-state index contributed by atoms with van der Waals surface area (Å²) >= 11 is 1.99. The zero-order chi connectivity index (χ0) is 29.0. The zero-order valence-electron chi connectivity index (χ0n) is 24.6. The third-order valence-electron chi connectivity index (χ3n) is 7.65. The lowest BCUT2D eigenvalue weighted by Gasteiger charge is -2.38. The number of rotatable bonds is 10. The van der Waals surface area contributed by atoms with E-state index in [1.165, 1.54) is 4.57 Å². The van der Waals surface area contributed by atoms with Crippen molar-refractivity contribution in [2.24, 2.45) is 0 Å². The lowest BCUT2D eigenvalue weighted by Crippen LogP contribution is -2.50. The molecule has 9 nitrogen and oxygen atoms in total. The maximum atomic E-state index is 13.1. The Morgan fingerprint density at radius 2 is 1.85 bits per heavy atom. The minimum absolute atomic E-state index is 0.174. The molecule has 1 N–H and O–H groups in total. The van der Waals surface area contributed by atoms with Crippen LogP contribution in [0.3, 0.4) is 0 Å². The summed E-state index contributed by atoms with van der Waals surface area (Å²) in [5, 5.41) is 3.90. The molecule has 6 atom stereocenters. The van der Waals surface area contributed by atoms with Gasteiger partial charge in [-0.15, -0.1) is 0 Å². The molecule has 2 saturated heterocycles. The summed E-state index contributed by atoms with van der Waals surface area (Å²) in [6.07, 6.45) is 3.09. The van der Waals surface area contributed by atoms with Gasteiger partial charge in [-0.2, -0.15) is 16.7 Å². The molecule has 11 heteroatoms. The van der Waals surface area contributed by atoms with E-state index in [0.717, 1.165) is 12.8 Å². The molecule has 2 aliphatic rings. The third-order valence-corrected chi connectivity index (χ3v) is 13.2. The molecule has 0 bridgehead atoms. The van der Waals surface area contributed by atoms with E-state index in [0.29, 0.717) is 28.0 Å². The van der Waals surface area contributed by atoms with Crippen LogP contribution in [-0.4, -0.2) is 53.3 Å². The first-order valence-corrected chi connectivity index (χ1v) is 17.2. The maximum absolute atomic E-state index is 13.1. The van der Waals surface area contributed by atoms with E-state index in [1.54, 1.807) is 37.4 Å². The molecule has 0 spiro atoms. The molecule has 40 heavy (non-hydrogen) atoms. The average molecular weight is 590 g/mol. The van der Waals surface area contributed by atoms with E-state index in [9.17, 15) is 9.59 Å². The lowest BCUT2D eigenvalue weighted by molar-refractivity contribution is -0.241. The summed E-state index contributed by atoms with van der Waals surface area (Å²) < 4.78 is 20.8. The minimum atomic E-state index is -2.78. The van der Waals surface area contributed by atoms with E-state index in [4.69, 9.17) is 18.6 Å². The predicted molar refractivity (Wildman–Crippen MR) is 160 cm³/mol. The number of nitrogens with one attached hydrogen (secondary N) is 1. The second-order valence-corrected chi connectivity index (χ2v) is 17.5. The van der Waals surface area contributed by atoms with Crippen LogP contribution < -0.4 is 11.0 Å². The summed E-state index contributed by atoms with van der Waals surface area (Å²) in [5.41, 5.74) is 1.05. The average Bonchev–Trinajstić information content (AvgIpc) is 3.20. The van der Waals surface area contributed by atoms with Crippen LogP contribution in [-0.2, 0) is 18.6 Å². The van der Waals surface area contributed by atoms with Gasteiger partial charge in [0.15, 0.2) is 0 Å². The van der Waals surface area contributed by atoms with E-state index in [2.05, 4.69) is 51.8 Å². The molecule has 1 aromatic heterocycles. The highest BCUT2D eigenvalue weighted by Gasteiger charge is 2.55. The van der Waals surface area contributed by atoms with Crippen LogP contribution in [0, 0.1) is 6.92 Å². The van der Waals surface area contributed by atoms with Crippen molar-refractivity contribution in [2.45, 2.75) is 108 Å². The zero-order valence-corrected chi connectivity index (χ0v) is 26.4. The first-order chi connectivity index (χ1) is 19.0. The van der Waals surface area contributed by atoms with Crippen LogP contribution in [0.25, 0.3) is 0 Å². The van der Waals surface area contributed by atoms with Crippen molar-refractivity contribution in [1.82, 2.24) is 9.55 Å². The fourth-order valence-electron chi connectivity index (χ4n) is 5.48. The van der Waals surface area contributed by atoms with E-state index >= 15 is 0 Å². The van der Waals surface area contributed by atoms with Crippen LogP contribution in [0.5, 0.6) is 0 Å². The molecular weight excluding hydrogens is 546 g/mol. The maximum Gasteiger partial charge on any atom is 0.380 e. The number of benzene rings is 1. The highest BCUT2D eigenvalue weighted by atomic mass is 32.2. The fourth-order valence-corrected chi connectivity index (χ4v) is 10.3. The van der Waals surface area contributed by atoms with Gasteiger partial charge in [0.25, 0.3) is 5.91 Å². The van der Waals surface area contributed by atoms with Crippen LogP contribution in [0.2, 0.25) is 11.1 Å². The number of fused-ring (bicyclic) bond motifs is 1. The van der Waals surface area contributed by atoms with Crippen LogP contribution in [0.4, 0.5) is 5.82 Å². The molecule has 2 aromatic rings. The van der Waals surface area contributed by atoms with Crippen LogP contribution in [0.15, 0.2) is 41.3 Å². The molecule has 2 aliphatic heterocycles. The summed E-state index contributed by atoms with van der Waals surface area (Å²) in [6, 6.07) is 8.83. The number of aryl methyl sites for hydroxylation is 1. The second kappa shape index (κ2) is 13.3. The predicted octanol–water partition coefficient (Wildman–Crippen LogP) is 5.99. The topological polar surface area (TPSA) is 101 Å². The van der Waals surface area contributed by atoms with Gasteiger partial charge in [0.05, 0.1) is 6.10 Å². The summed E-state index contributed by atoms with van der Waals surface area (Å²) in [6.45, 7) is 15.3. The van der Waals surface area contributed by atoms with Crippen LogP contribution >= 0.6 is 11.8 Å². The normalized spacial score (nSPS) is 26.4. The summed E-state index contributed by atoms with van der Waals surface area (Å²) in [5.74, 6) is -0.0835. The quantitative estimate of drug-likeness (QED) is 0.266. The van der Waals surface area contributed by atoms with Crippen LogP contribution in [0.1, 0.15) is 83.0 Å². The highest BCUT2D eigenvalue weighted by molar-refractivity contribution is 8.00. The van der Waals surface area contributed by atoms with E-state index in [1.807, 2.05) is 17.8 Å². The number of amides is 1. The van der Waals surface area contributed by atoms with E-state index in [-0.39, 0.29) is 41.6 Å². The summed E-state index contributed by atoms with van der Waals surface area (Å²) in [4.78, 5) is 35.6. The largest absolute Gasteiger partial charge is 0.386 e. The van der Waals surface area contributed by atoms with Gasteiger partial charge in [0.2, 0.25) is 0 Å². The molecule has 0 aliphatic carbocycles. The molecule has 220 valence electrons. The highest BCUT2D eigenvalue weighted by Crippen LogP contribution is 2.44. The Labute approximate surface area is 242 Å². The number of ether oxygens (including phenoxy) is 1. The Morgan fingerprint density at radius 1 is 1.12 bits per heavy atom. The SMILES string of the molecule is Cc1cn([C@H]2C[C@H]3O[Si](C(C)C)(C(C)CCC(C)SC(C)C)OOC[C@@H]3O2)c(=O)nc1NC(=O)c1ccccc1. The lowest BCUT2D eigenvalue weighted by atomic mass is 10.2. The van der Waals surface area contributed by atoms with Crippen molar-refractivity contribution in [3.8, 4) is 0 Å². The molecular formula is C29H43N3O6SSi. The molecule has 0 saturated carbocycles. The van der Waals surface area contributed by atoms with Gasteiger partial charge in [-0.05, 0) is 42.7 Å². The molecule has 4 rings (SSSR count). The number of aromatic nitrogens is 2. The number of nitrogens with zero attached hydrogens (tertiary/aromatic N) is 2. The van der Waals surface area contributed by atoms with Gasteiger partial charge < -0.3 is 14.5 Å². The van der Waals surface area contributed by atoms with Gasteiger partial charge in [-0.25, -0.2) is 9.68 Å². The smallest absolute Gasteiger partial charge is 0.380 e. The van der Waals surface area contributed by atoms with Crippen molar-refractivity contribution in [2.75, 3.05) is 11.9 Å². The van der Waals surface area contributed by atoms with Crippen molar-refractivity contribution in [1.29, 1.82) is 0 Å². The molecule has 1 aromatic carbocycles. The number of carbonyl (C=O) groups excluding carboxylic acids is 1. The molecule has 3 unspecified atom stereocenters. The number of carbonyl (C=O) groups is 1. The number of thioether (sulfide) groups is 1. The third kappa shape index (κ3) is 7.06. The Kier molecular flexibility index (Phi) is 10.3. The van der Waals surface area contributed by atoms with Crippen molar-refractivity contribution >= 4 is 32.0 Å². The van der Waals surface area contributed by atoms with Gasteiger partial charge >= 0.3 is 14.3 Å². The monoisotopic (exact) mass is 589 g/mol. The van der Waals surface area contributed by atoms with Gasteiger partial charge in [-0.3, -0.25) is 13.9 Å². The Bertz CT molecular complexity index is 1210. The summed E-state index contributed by atoms with van der Waals surface area (Å²) in [7, 11) is -2.78. The van der Waals surface area contributed by atoms with Gasteiger partial charge in [-0.1, -0.05) is 59.7 Å². The number of anilines is 1. The van der Waals surface area contributed by atoms with Gasteiger partial charge in [0.1, 0.15) is 24.8 Å².